The van der Waals surface area contributed by atoms with Crippen LogP contribution in [0.25, 0.3) is 0 Å². The van der Waals surface area contributed by atoms with Crippen LogP contribution in [0.15, 0.2) is 60.7 Å². The Morgan fingerprint density at radius 3 is 1.29 bits per heavy atom. The minimum absolute atomic E-state index is 0.374. The molecule has 1 aliphatic heterocycles. The summed E-state index contributed by atoms with van der Waals surface area (Å²) in [4.78, 5) is 0. The molecule has 1 saturated heterocycles. The summed E-state index contributed by atoms with van der Waals surface area (Å²) >= 11 is 0. The number of rotatable bonds is 4. The number of hydrogen-bond acceptors (Lipinski definition) is 4. The number of methoxy groups -OCH3 is 2. The van der Waals surface area contributed by atoms with Gasteiger partial charge >= 0.3 is 0 Å². The van der Waals surface area contributed by atoms with Crippen molar-refractivity contribution in [2.75, 3.05) is 14.2 Å². The highest BCUT2D eigenvalue weighted by Gasteiger charge is 2.56. The molecule has 0 spiro atoms. The molecule has 24 heavy (non-hydrogen) atoms. The fraction of sp³-hybridized carbons (Fsp3) is 0.400. The molecular formula is C20H24O4. The normalized spacial score (nSPS) is 33.3. The molecule has 0 radical (unpaired) electrons. The molecule has 0 N–H and O–H groups in total. The molecule has 1 aliphatic rings. The van der Waals surface area contributed by atoms with Gasteiger partial charge in [-0.25, -0.2) is 0 Å². The Labute approximate surface area is 143 Å². The first-order chi connectivity index (χ1) is 11.6. The quantitative estimate of drug-likeness (QED) is 0.855. The van der Waals surface area contributed by atoms with Crippen molar-refractivity contribution >= 4 is 0 Å². The van der Waals surface area contributed by atoms with E-state index in [0.717, 1.165) is 11.1 Å². The zero-order chi connectivity index (χ0) is 17.2. The van der Waals surface area contributed by atoms with Gasteiger partial charge in [-0.2, -0.15) is 0 Å². The molecule has 1 fully saturated rings. The highest BCUT2D eigenvalue weighted by Crippen LogP contribution is 2.47. The second kappa shape index (κ2) is 6.65. The van der Waals surface area contributed by atoms with E-state index in [2.05, 4.69) is 0 Å². The maximum absolute atomic E-state index is 6.41. The summed E-state index contributed by atoms with van der Waals surface area (Å²) in [6, 6.07) is 19.7. The topological polar surface area (TPSA) is 36.9 Å². The molecule has 4 heteroatoms. The Hall–Kier alpha value is -1.72. The number of benzene rings is 2. The summed E-state index contributed by atoms with van der Waals surface area (Å²) in [6.45, 7) is 3.89. The van der Waals surface area contributed by atoms with E-state index in [1.165, 1.54) is 0 Å². The van der Waals surface area contributed by atoms with Crippen molar-refractivity contribution in [3.63, 3.8) is 0 Å². The Morgan fingerprint density at radius 2 is 1.00 bits per heavy atom. The molecule has 4 nitrogen and oxygen atoms in total. The maximum atomic E-state index is 6.41. The van der Waals surface area contributed by atoms with Crippen LogP contribution in [0.1, 0.15) is 25.0 Å². The van der Waals surface area contributed by atoms with E-state index < -0.39 is 11.6 Å². The minimum Gasteiger partial charge on any atom is -0.347 e. The molecule has 0 amide bonds. The molecule has 0 aliphatic carbocycles. The van der Waals surface area contributed by atoms with E-state index in [-0.39, 0.29) is 12.2 Å². The lowest BCUT2D eigenvalue weighted by molar-refractivity contribution is -0.440. The lowest BCUT2D eigenvalue weighted by Crippen LogP contribution is -2.60. The molecule has 3 rings (SSSR count). The lowest BCUT2D eigenvalue weighted by Gasteiger charge is -2.52. The van der Waals surface area contributed by atoms with Gasteiger partial charge in [-0.05, 0) is 13.8 Å². The summed E-state index contributed by atoms with van der Waals surface area (Å²) in [5.41, 5.74) is 1.84. The second-order valence-corrected chi connectivity index (χ2v) is 6.00. The third kappa shape index (κ3) is 2.56. The molecule has 0 bridgehead atoms. The Morgan fingerprint density at radius 1 is 0.667 bits per heavy atom. The second-order valence-electron chi connectivity index (χ2n) is 6.00. The highest BCUT2D eigenvalue weighted by molar-refractivity contribution is 5.26. The van der Waals surface area contributed by atoms with E-state index in [9.17, 15) is 0 Å². The third-order valence-corrected chi connectivity index (χ3v) is 4.73. The molecule has 4 atom stereocenters. The van der Waals surface area contributed by atoms with E-state index >= 15 is 0 Å². The summed E-state index contributed by atoms with van der Waals surface area (Å²) in [7, 11) is 3.28. The van der Waals surface area contributed by atoms with Crippen LogP contribution in [0, 0.1) is 0 Å². The maximum Gasteiger partial charge on any atom is 0.222 e. The van der Waals surface area contributed by atoms with Gasteiger partial charge in [-0.15, -0.1) is 0 Å². The van der Waals surface area contributed by atoms with Gasteiger partial charge in [0.25, 0.3) is 0 Å². The molecule has 2 aromatic rings. The smallest absolute Gasteiger partial charge is 0.222 e. The van der Waals surface area contributed by atoms with Gasteiger partial charge in [-0.3, -0.25) is 0 Å². The molecule has 1 heterocycles. The van der Waals surface area contributed by atoms with Gasteiger partial charge in [0.1, 0.15) is 12.2 Å². The average molecular weight is 328 g/mol. The minimum atomic E-state index is -0.975. The summed E-state index contributed by atoms with van der Waals surface area (Å²) in [5, 5.41) is 0. The van der Waals surface area contributed by atoms with Gasteiger partial charge in [0, 0.05) is 25.3 Å². The monoisotopic (exact) mass is 328 g/mol. The zero-order valence-corrected chi connectivity index (χ0v) is 14.6. The average Bonchev–Trinajstić information content (AvgIpc) is 2.64. The van der Waals surface area contributed by atoms with E-state index in [1.807, 2.05) is 74.5 Å². The molecular weight excluding hydrogens is 304 g/mol. The molecule has 0 aromatic heterocycles. The van der Waals surface area contributed by atoms with Crippen LogP contribution in [0.2, 0.25) is 0 Å². The molecule has 4 unspecified atom stereocenters. The molecule has 0 saturated carbocycles. The van der Waals surface area contributed by atoms with Gasteiger partial charge in [-0.1, -0.05) is 60.7 Å². The summed E-state index contributed by atoms with van der Waals surface area (Å²) in [5.74, 6) is -1.95. The first-order valence-electron chi connectivity index (χ1n) is 8.16. The van der Waals surface area contributed by atoms with Crippen LogP contribution in [0.5, 0.6) is 0 Å². The van der Waals surface area contributed by atoms with Crippen molar-refractivity contribution in [1.82, 2.24) is 0 Å². The fourth-order valence-corrected chi connectivity index (χ4v) is 3.48. The SMILES string of the molecule is COC1(c2ccccc2)OC(C)C(OC)(c2ccccc2)OC1C. The lowest BCUT2D eigenvalue weighted by atomic mass is 9.93. The van der Waals surface area contributed by atoms with Gasteiger partial charge in [0.15, 0.2) is 0 Å². The Balaban J connectivity index is 2.02. The number of ether oxygens (including phenoxy) is 4. The largest absolute Gasteiger partial charge is 0.347 e. The predicted octanol–water partition coefficient (Wildman–Crippen LogP) is 3.81. The van der Waals surface area contributed by atoms with Crippen molar-refractivity contribution in [2.24, 2.45) is 0 Å². The van der Waals surface area contributed by atoms with Gasteiger partial charge in [0.05, 0.1) is 0 Å². The fourth-order valence-electron chi connectivity index (χ4n) is 3.48. The summed E-state index contributed by atoms with van der Waals surface area (Å²) in [6.07, 6.45) is -0.748. The first kappa shape index (κ1) is 17.1. The summed E-state index contributed by atoms with van der Waals surface area (Å²) < 4.78 is 24.5. The van der Waals surface area contributed by atoms with E-state index in [1.54, 1.807) is 14.2 Å². The van der Waals surface area contributed by atoms with Crippen LogP contribution < -0.4 is 0 Å². The van der Waals surface area contributed by atoms with Crippen LogP contribution in [0.3, 0.4) is 0 Å². The first-order valence-corrected chi connectivity index (χ1v) is 8.16. The Kier molecular flexibility index (Phi) is 4.74. The van der Waals surface area contributed by atoms with Crippen LogP contribution in [-0.2, 0) is 30.5 Å². The predicted molar refractivity (Wildman–Crippen MR) is 91.4 cm³/mol. The Bertz CT molecular complexity index is 600. The molecule has 128 valence electrons. The van der Waals surface area contributed by atoms with Crippen LogP contribution in [0.4, 0.5) is 0 Å². The third-order valence-electron chi connectivity index (χ3n) is 4.73. The van der Waals surface area contributed by atoms with Crippen LogP contribution in [-0.4, -0.2) is 26.4 Å². The highest BCUT2D eigenvalue weighted by atomic mass is 16.8. The van der Waals surface area contributed by atoms with E-state index in [0.29, 0.717) is 0 Å². The van der Waals surface area contributed by atoms with E-state index in [4.69, 9.17) is 18.9 Å². The van der Waals surface area contributed by atoms with Crippen molar-refractivity contribution in [2.45, 2.75) is 37.6 Å². The van der Waals surface area contributed by atoms with Crippen molar-refractivity contribution in [3.05, 3.63) is 71.8 Å². The number of hydrogen-bond donors (Lipinski definition) is 0. The van der Waals surface area contributed by atoms with Crippen LogP contribution >= 0.6 is 0 Å². The van der Waals surface area contributed by atoms with Crippen molar-refractivity contribution in [1.29, 1.82) is 0 Å². The van der Waals surface area contributed by atoms with Crippen molar-refractivity contribution in [3.8, 4) is 0 Å². The van der Waals surface area contributed by atoms with Crippen molar-refractivity contribution < 1.29 is 18.9 Å². The molecule has 2 aromatic carbocycles. The standard InChI is InChI=1S/C20H24O4/c1-15-19(21-3,17-11-7-5-8-12-17)24-16(2)20(22-4,23-15)18-13-9-6-10-14-18/h5-16H,1-4H3. The van der Waals surface area contributed by atoms with Gasteiger partial charge in [0.2, 0.25) is 11.6 Å². The zero-order valence-electron chi connectivity index (χ0n) is 14.6. The van der Waals surface area contributed by atoms with Gasteiger partial charge < -0.3 is 18.9 Å².